The van der Waals surface area contributed by atoms with Crippen molar-refractivity contribution in [3.05, 3.63) is 30.1 Å². The number of likely N-dealkylation sites (tertiary alicyclic amines) is 1. The quantitative estimate of drug-likeness (QED) is 0.830. The molecule has 0 radical (unpaired) electrons. The third-order valence-electron chi connectivity index (χ3n) is 4.69. The zero-order valence-corrected chi connectivity index (χ0v) is 13.0. The van der Waals surface area contributed by atoms with Crippen molar-refractivity contribution in [2.24, 2.45) is 11.8 Å². The molecule has 2 aliphatic rings. The van der Waals surface area contributed by atoms with Gasteiger partial charge in [-0.15, -0.1) is 0 Å². The lowest BCUT2D eigenvalue weighted by atomic mass is 9.81. The Balaban J connectivity index is 1.49. The number of imide groups is 1. The zero-order chi connectivity index (χ0) is 16.2. The van der Waals surface area contributed by atoms with Gasteiger partial charge in [-0.3, -0.25) is 24.3 Å². The van der Waals surface area contributed by atoms with Crippen LogP contribution >= 0.6 is 0 Å². The number of rotatable bonds is 5. The summed E-state index contributed by atoms with van der Waals surface area (Å²) in [5, 5.41) is 2.76. The Morgan fingerprint density at radius 2 is 1.87 bits per heavy atom. The second kappa shape index (κ2) is 6.89. The lowest BCUT2D eigenvalue weighted by Gasteiger charge is -2.19. The number of hydrogen-bond acceptors (Lipinski definition) is 4. The zero-order valence-electron chi connectivity index (χ0n) is 13.0. The average molecular weight is 315 g/mol. The van der Waals surface area contributed by atoms with Crippen molar-refractivity contribution < 1.29 is 14.4 Å². The maximum absolute atomic E-state index is 12.3. The molecule has 3 amide bonds. The molecule has 1 aliphatic carbocycles. The summed E-state index contributed by atoms with van der Waals surface area (Å²) in [6, 6.07) is 5.51. The van der Waals surface area contributed by atoms with Crippen LogP contribution in [0.2, 0.25) is 0 Å². The molecule has 1 aliphatic heterocycles. The number of aromatic nitrogens is 1. The molecule has 23 heavy (non-hydrogen) atoms. The van der Waals surface area contributed by atoms with E-state index in [1.165, 1.54) is 4.90 Å². The van der Waals surface area contributed by atoms with Gasteiger partial charge in [0.15, 0.2) is 0 Å². The highest BCUT2D eigenvalue weighted by atomic mass is 16.2. The van der Waals surface area contributed by atoms with Crippen molar-refractivity contribution in [1.82, 2.24) is 15.2 Å². The summed E-state index contributed by atoms with van der Waals surface area (Å²) in [5.74, 6) is -0.638. The van der Waals surface area contributed by atoms with E-state index in [1.807, 2.05) is 18.2 Å². The van der Waals surface area contributed by atoms with Gasteiger partial charge in [-0.1, -0.05) is 18.9 Å². The average Bonchev–Trinajstić information content (AvgIpc) is 2.83. The van der Waals surface area contributed by atoms with E-state index in [1.54, 1.807) is 6.20 Å². The Bertz CT molecular complexity index is 578. The molecular weight excluding hydrogens is 294 g/mol. The number of amides is 3. The van der Waals surface area contributed by atoms with Gasteiger partial charge < -0.3 is 5.32 Å². The number of carbonyl (C=O) groups is 3. The molecule has 1 N–H and O–H groups in total. The molecule has 0 unspecified atom stereocenters. The summed E-state index contributed by atoms with van der Waals surface area (Å²) < 4.78 is 0. The minimum atomic E-state index is -0.175. The number of fused-ring (bicyclic) bond motifs is 1. The highest BCUT2D eigenvalue weighted by Crippen LogP contribution is 2.37. The molecular formula is C17H21N3O3. The monoisotopic (exact) mass is 315 g/mol. The lowest BCUT2D eigenvalue weighted by Crippen LogP contribution is -2.35. The van der Waals surface area contributed by atoms with Crippen LogP contribution in [0.25, 0.3) is 0 Å². The molecule has 2 heterocycles. The molecule has 2 fully saturated rings. The van der Waals surface area contributed by atoms with Gasteiger partial charge in [0.25, 0.3) is 0 Å². The number of hydrogen-bond donors (Lipinski definition) is 1. The van der Waals surface area contributed by atoms with Crippen molar-refractivity contribution >= 4 is 17.7 Å². The molecule has 122 valence electrons. The molecule has 3 rings (SSSR count). The van der Waals surface area contributed by atoms with Gasteiger partial charge in [0.05, 0.1) is 24.1 Å². The Labute approximate surface area is 135 Å². The Morgan fingerprint density at radius 1 is 1.17 bits per heavy atom. The number of pyridine rings is 1. The first-order valence-corrected chi connectivity index (χ1v) is 8.18. The van der Waals surface area contributed by atoms with Crippen molar-refractivity contribution in [3.8, 4) is 0 Å². The van der Waals surface area contributed by atoms with Crippen LogP contribution in [0.15, 0.2) is 24.4 Å². The van der Waals surface area contributed by atoms with Crippen LogP contribution in [0.4, 0.5) is 0 Å². The largest absolute Gasteiger partial charge is 0.350 e. The van der Waals surface area contributed by atoms with Gasteiger partial charge in [-0.25, -0.2) is 0 Å². The third kappa shape index (κ3) is 3.41. The molecule has 6 heteroatoms. The molecule has 1 saturated heterocycles. The number of nitrogens with zero attached hydrogens (tertiary/aromatic N) is 2. The van der Waals surface area contributed by atoms with E-state index >= 15 is 0 Å². The van der Waals surface area contributed by atoms with Crippen LogP contribution in [0.1, 0.15) is 37.8 Å². The number of nitrogens with one attached hydrogen (secondary N) is 1. The van der Waals surface area contributed by atoms with Crippen LogP contribution < -0.4 is 5.32 Å². The standard InChI is InChI=1S/C17H21N3O3/c21-15(19-11-12-5-3-4-9-18-12)8-10-20-16(22)13-6-1-2-7-14(13)17(20)23/h3-5,9,13-14H,1-2,6-8,10-11H2,(H,19,21)/t13-,14-/m0/s1. The first-order chi connectivity index (χ1) is 11.2. The summed E-state index contributed by atoms with van der Waals surface area (Å²) in [6.07, 6.45) is 5.45. The Hall–Kier alpha value is -2.24. The summed E-state index contributed by atoms with van der Waals surface area (Å²) in [5.41, 5.74) is 0.778. The van der Waals surface area contributed by atoms with E-state index in [2.05, 4.69) is 10.3 Å². The van der Waals surface area contributed by atoms with Crippen LogP contribution in [-0.2, 0) is 20.9 Å². The van der Waals surface area contributed by atoms with Crippen molar-refractivity contribution in [3.63, 3.8) is 0 Å². The van der Waals surface area contributed by atoms with Gasteiger partial charge >= 0.3 is 0 Å². The van der Waals surface area contributed by atoms with Gasteiger partial charge in [0.1, 0.15) is 0 Å². The molecule has 1 aromatic heterocycles. The molecule has 0 aromatic carbocycles. The first kappa shape index (κ1) is 15.6. The predicted molar refractivity (Wildman–Crippen MR) is 82.9 cm³/mol. The summed E-state index contributed by atoms with van der Waals surface area (Å²) in [7, 11) is 0. The van der Waals surface area contributed by atoms with E-state index in [9.17, 15) is 14.4 Å². The van der Waals surface area contributed by atoms with Crippen molar-refractivity contribution in [1.29, 1.82) is 0 Å². The summed E-state index contributed by atoms with van der Waals surface area (Å²) >= 11 is 0. The Kier molecular flexibility index (Phi) is 4.69. The van der Waals surface area contributed by atoms with Crippen molar-refractivity contribution in [2.45, 2.75) is 38.6 Å². The maximum Gasteiger partial charge on any atom is 0.233 e. The Morgan fingerprint density at radius 3 is 2.48 bits per heavy atom. The van der Waals surface area contributed by atoms with Gasteiger partial charge in [-0.2, -0.15) is 0 Å². The van der Waals surface area contributed by atoms with Gasteiger partial charge in [0, 0.05) is 19.2 Å². The van der Waals surface area contributed by atoms with Crippen molar-refractivity contribution in [2.75, 3.05) is 6.54 Å². The van der Waals surface area contributed by atoms with Crippen LogP contribution in [0.5, 0.6) is 0 Å². The molecule has 6 nitrogen and oxygen atoms in total. The highest BCUT2D eigenvalue weighted by Gasteiger charge is 2.47. The second-order valence-electron chi connectivity index (χ2n) is 6.17. The SMILES string of the molecule is O=C(CCN1C(=O)[C@H]2CCCC[C@@H]2C1=O)NCc1ccccn1. The van der Waals surface area contributed by atoms with E-state index < -0.39 is 0 Å². The number of carbonyl (C=O) groups excluding carboxylic acids is 3. The van der Waals surface area contributed by atoms with E-state index in [4.69, 9.17) is 0 Å². The van der Waals surface area contributed by atoms with Crippen LogP contribution in [-0.4, -0.2) is 34.2 Å². The topological polar surface area (TPSA) is 79.4 Å². The predicted octanol–water partition coefficient (Wildman–Crippen LogP) is 1.26. The third-order valence-corrected chi connectivity index (χ3v) is 4.69. The van der Waals surface area contributed by atoms with Crippen LogP contribution in [0.3, 0.4) is 0 Å². The van der Waals surface area contributed by atoms with Gasteiger partial charge in [-0.05, 0) is 25.0 Å². The van der Waals surface area contributed by atoms with E-state index in [0.29, 0.717) is 6.54 Å². The van der Waals surface area contributed by atoms with E-state index in [0.717, 1.165) is 31.4 Å². The van der Waals surface area contributed by atoms with Crippen LogP contribution in [0, 0.1) is 11.8 Å². The minimum absolute atomic E-state index is 0.0859. The smallest absolute Gasteiger partial charge is 0.233 e. The molecule has 0 spiro atoms. The fourth-order valence-corrected chi connectivity index (χ4v) is 3.44. The summed E-state index contributed by atoms with van der Waals surface area (Å²) in [4.78, 5) is 41.9. The normalized spacial score (nSPS) is 23.7. The van der Waals surface area contributed by atoms with E-state index in [-0.39, 0.29) is 42.5 Å². The lowest BCUT2D eigenvalue weighted by molar-refractivity contribution is -0.140. The molecule has 1 aromatic rings. The maximum atomic E-state index is 12.3. The summed E-state index contributed by atoms with van der Waals surface area (Å²) in [6.45, 7) is 0.533. The first-order valence-electron chi connectivity index (χ1n) is 8.18. The van der Waals surface area contributed by atoms with Gasteiger partial charge in [0.2, 0.25) is 17.7 Å². The molecule has 2 atom stereocenters. The minimum Gasteiger partial charge on any atom is -0.350 e. The fraction of sp³-hybridized carbons (Fsp3) is 0.529. The fourth-order valence-electron chi connectivity index (χ4n) is 3.44. The second-order valence-corrected chi connectivity index (χ2v) is 6.17. The highest BCUT2D eigenvalue weighted by molar-refractivity contribution is 6.05. The molecule has 1 saturated carbocycles. The molecule has 0 bridgehead atoms.